The smallest absolute Gasteiger partial charge is 0.351 e. The lowest BCUT2D eigenvalue weighted by Gasteiger charge is -2.04. The maximum atomic E-state index is 12.8. The Balaban J connectivity index is 1.95. The van der Waals surface area contributed by atoms with Gasteiger partial charge in [0, 0.05) is 5.39 Å². The average molecular weight is 284 g/mol. The van der Waals surface area contributed by atoms with E-state index in [2.05, 4.69) is 0 Å². The van der Waals surface area contributed by atoms with Crippen LogP contribution in [-0.2, 0) is 0 Å². The molecule has 0 bridgehead atoms. The lowest BCUT2D eigenvalue weighted by atomic mass is 10.2. The van der Waals surface area contributed by atoms with Crippen LogP contribution in [0.2, 0.25) is 0 Å². The summed E-state index contributed by atoms with van der Waals surface area (Å²) in [5, 5.41) is 0.614. The van der Waals surface area contributed by atoms with E-state index in [1.165, 1.54) is 18.2 Å². The van der Waals surface area contributed by atoms with Gasteiger partial charge in [0.05, 0.1) is 0 Å². The van der Waals surface area contributed by atoms with E-state index in [4.69, 9.17) is 9.15 Å². The van der Waals surface area contributed by atoms with E-state index >= 15 is 0 Å². The van der Waals surface area contributed by atoms with E-state index in [-0.39, 0.29) is 11.3 Å². The van der Waals surface area contributed by atoms with Gasteiger partial charge in [0.2, 0.25) is 0 Å². The quantitative estimate of drug-likeness (QED) is 0.412. The number of carbonyl (C=O) groups excluding carboxylic acids is 1. The Bertz CT molecular complexity index is 865. The fraction of sp³-hybridized carbons (Fsp3) is 0. The first-order valence-electron chi connectivity index (χ1n) is 6.14. The van der Waals surface area contributed by atoms with E-state index in [0.29, 0.717) is 11.0 Å². The predicted octanol–water partition coefficient (Wildman–Crippen LogP) is 3.15. The van der Waals surface area contributed by atoms with Crippen molar-refractivity contribution in [3.63, 3.8) is 0 Å². The van der Waals surface area contributed by atoms with Crippen LogP contribution >= 0.6 is 0 Å². The number of fused-ring (bicyclic) bond motifs is 1. The van der Waals surface area contributed by atoms with Gasteiger partial charge in [-0.1, -0.05) is 18.2 Å². The third-order valence-electron chi connectivity index (χ3n) is 2.89. The number of hydrogen-bond donors (Lipinski definition) is 0. The molecule has 5 heteroatoms. The normalized spacial score (nSPS) is 10.5. The largest absolute Gasteiger partial charge is 0.423 e. The number of halogens is 1. The highest BCUT2D eigenvalue weighted by Crippen LogP contribution is 2.16. The number of esters is 1. The Hall–Kier alpha value is -2.95. The minimum absolute atomic E-state index is 0.147. The summed E-state index contributed by atoms with van der Waals surface area (Å²) in [4.78, 5) is 23.8. The number of hydrogen-bond acceptors (Lipinski definition) is 4. The summed E-state index contributed by atoms with van der Waals surface area (Å²) in [6, 6.07) is 13.2. The summed E-state index contributed by atoms with van der Waals surface area (Å²) in [6.45, 7) is 0. The molecule has 0 radical (unpaired) electrons. The van der Waals surface area contributed by atoms with Crippen LogP contribution in [0.1, 0.15) is 10.4 Å². The second kappa shape index (κ2) is 5.20. The van der Waals surface area contributed by atoms with E-state index < -0.39 is 17.4 Å². The molecule has 3 aromatic rings. The fourth-order valence-electron chi connectivity index (χ4n) is 1.87. The Morgan fingerprint density at radius 2 is 1.76 bits per heavy atom. The SMILES string of the molecule is O=C(Oc1ccc(F)cc1)c1cc2ccccc2oc1=O. The molecule has 1 aromatic heterocycles. The van der Waals surface area contributed by atoms with Crippen LogP contribution in [0.15, 0.2) is 63.8 Å². The molecular formula is C16H9FO4. The molecule has 21 heavy (non-hydrogen) atoms. The van der Waals surface area contributed by atoms with E-state index in [0.717, 1.165) is 12.1 Å². The highest BCUT2D eigenvalue weighted by molar-refractivity contribution is 5.94. The summed E-state index contributed by atoms with van der Waals surface area (Å²) >= 11 is 0. The number of benzene rings is 2. The fourth-order valence-corrected chi connectivity index (χ4v) is 1.87. The molecular weight excluding hydrogens is 275 g/mol. The van der Waals surface area contributed by atoms with Crippen LogP contribution in [0.25, 0.3) is 11.0 Å². The summed E-state index contributed by atoms with van der Waals surface area (Å²) in [7, 11) is 0. The zero-order valence-electron chi connectivity index (χ0n) is 10.7. The van der Waals surface area contributed by atoms with Gasteiger partial charge < -0.3 is 9.15 Å². The molecule has 3 rings (SSSR count). The Kier molecular flexibility index (Phi) is 3.23. The standard InChI is InChI=1S/C16H9FO4/c17-11-5-7-12(8-6-11)20-15(18)13-9-10-3-1-2-4-14(10)21-16(13)19/h1-9H. The topological polar surface area (TPSA) is 56.5 Å². The van der Waals surface area contributed by atoms with Crippen LogP contribution in [0.4, 0.5) is 4.39 Å². The summed E-state index contributed by atoms with van der Waals surface area (Å²) in [5.41, 5.74) is -0.598. The van der Waals surface area contributed by atoms with Crippen LogP contribution in [0, 0.1) is 5.82 Å². The number of carbonyl (C=O) groups is 1. The van der Waals surface area contributed by atoms with Crippen molar-refractivity contribution < 1.29 is 18.3 Å². The van der Waals surface area contributed by atoms with E-state index in [1.54, 1.807) is 24.3 Å². The first-order chi connectivity index (χ1) is 10.1. The predicted molar refractivity (Wildman–Crippen MR) is 73.8 cm³/mol. The first-order valence-corrected chi connectivity index (χ1v) is 6.14. The third-order valence-corrected chi connectivity index (χ3v) is 2.89. The molecule has 0 atom stereocenters. The second-order valence-corrected chi connectivity index (χ2v) is 4.33. The molecule has 0 saturated heterocycles. The summed E-state index contributed by atoms with van der Waals surface area (Å²) in [6.07, 6.45) is 0. The van der Waals surface area contributed by atoms with Gasteiger partial charge in [-0.2, -0.15) is 0 Å². The Morgan fingerprint density at radius 3 is 2.52 bits per heavy atom. The Morgan fingerprint density at radius 1 is 1.05 bits per heavy atom. The van der Waals surface area contributed by atoms with Crippen LogP contribution < -0.4 is 10.4 Å². The van der Waals surface area contributed by atoms with Crippen molar-refractivity contribution in [3.05, 3.63) is 76.4 Å². The molecule has 1 heterocycles. The highest BCUT2D eigenvalue weighted by atomic mass is 19.1. The van der Waals surface area contributed by atoms with Gasteiger partial charge in [-0.05, 0) is 36.4 Å². The molecule has 0 aliphatic heterocycles. The maximum Gasteiger partial charge on any atom is 0.351 e. The minimum Gasteiger partial charge on any atom is -0.423 e. The molecule has 0 amide bonds. The monoisotopic (exact) mass is 284 g/mol. The van der Waals surface area contributed by atoms with Gasteiger partial charge in [-0.15, -0.1) is 0 Å². The van der Waals surface area contributed by atoms with Gasteiger partial charge in [0.25, 0.3) is 0 Å². The van der Waals surface area contributed by atoms with Crippen molar-refractivity contribution in [3.8, 4) is 5.75 Å². The second-order valence-electron chi connectivity index (χ2n) is 4.33. The van der Waals surface area contributed by atoms with Crippen molar-refractivity contribution in [2.45, 2.75) is 0 Å². The molecule has 104 valence electrons. The van der Waals surface area contributed by atoms with E-state index in [1.807, 2.05) is 0 Å². The zero-order chi connectivity index (χ0) is 14.8. The lowest BCUT2D eigenvalue weighted by Crippen LogP contribution is -2.18. The lowest BCUT2D eigenvalue weighted by molar-refractivity contribution is 0.0730. The first kappa shape index (κ1) is 13.1. The molecule has 4 nitrogen and oxygen atoms in total. The molecule has 0 spiro atoms. The molecule has 0 unspecified atom stereocenters. The number of para-hydroxylation sites is 1. The number of ether oxygens (including phenoxy) is 1. The summed E-state index contributed by atoms with van der Waals surface area (Å²) < 4.78 is 22.9. The molecule has 0 aliphatic rings. The zero-order valence-corrected chi connectivity index (χ0v) is 10.7. The van der Waals surface area contributed by atoms with Crippen LogP contribution in [-0.4, -0.2) is 5.97 Å². The summed E-state index contributed by atoms with van der Waals surface area (Å²) in [5.74, 6) is -1.14. The Labute approximate surface area is 118 Å². The molecule has 2 aromatic carbocycles. The van der Waals surface area contributed by atoms with Crippen molar-refractivity contribution >= 4 is 16.9 Å². The van der Waals surface area contributed by atoms with Crippen molar-refractivity contribution in [1.29, 1.82) is 0 Å². The average Bonchev–Trinajstić information content (AvgIpc) is 2.49. The van der Waals surface area contributed by atoms with Crippen molar-refractivity contribution in [2.24, 2.45) is 0 Å². The van der Waals surface area contributed by atoms with Gasteiger partial charge in [-0.25, -0.2) is 14.0 Å². The third kappa shape index (κ3) is 2.67. The molecule has 0 aliphatic carbocycles. The van der Waals surface area contributed by atoms with Gasteiger partial charge >= 0.3 is 11.6 Å². The van der Waals surface area contributed by atoms with Gasteiger partial charge in [0.15, 0.2) is 0 Å². The molecule has 0 fully saturated rings. The molecule has 0 saturated carbocycles. The van der Waals surface area contributed by atoms with Crippen LogP contribution in [0.5, 0.6) is 5.75 Å². The minimum atomic E-state index is -0.846. The molecule has 0 N–H and O–H groups in total. The van der Waals surface area contributed by atoms with Gasteiger partial charge in [-0.3, -0.25) is 0 Å². The van der Waals surface area contributed by atoms with E-state index in [9.17, 15) is 14.0 Å². The number of rotatable bonds is 2. The van der Waals surface area contributed by atoms with Gasteiger partial charge in [0.1, 0.15) is 22.7 Å². The van der Waals surface area contributed by atoms with Crippen molar-refractivity contribution in [2.75, 3.05) is 0 Å². The maximum absolute atomic E-state index is 12.8. The highest BCUT2D eigenvalue weighted by Gasteiger charge is 2.16. The van der Waals surface area contributed by atoms with Crippen LogP contribution in [0.3, 0.4) is 0 Å². The van der Waals surface area contributed by atoms with Crippen molar-refractivity contribution in [1.82, 2.24) is 0 Å².